The van der Waals surface area contributed by atoms with Gasteiger partial charge in [-0.25, -0.2) is 0 Å². The van der Waals surface area contributed by atoms with Gasteiger partial charge in [0.05, 0.1) is 0 Å². The molecule has 15 heavy (non-hydrogen) atoms. The van der Waals surface area contributed by atoms with Gasteiger partial charge in [0.25, 0.3) is 0 Å². The summed E-state index contributed by atoms with van der Waals surface area (Å²) >= 11 is 0. The lowest BCUT2D eigenvalue weighted by Crippen LogP contribution is -2.34. The van der Waals surface area contributed by atoms with E-state index in [1.807, 2.05) is 0 Å². The van der Waals surface area contributed by atoms with Gasteiger partial charge in [0.1, 0.15) is 0 Å². The zero-order chi connectivity index (χ0) is 11.3. The molecule has 1 unspecified atom stereocenters. The lowest BCUT2D eigenvalue weighted by atomic mass is 10.1. The molecule has 0 radical (unpaired) electrons. The molecule has 2 N–H and O–H groups in total. The van der Waals surface area contributed by atoms with Gasteiger partial charge in [-0.1, -0.05) is 36.8 Å². The minimum Gasteiger partial charge on any atom is -0.327 e. The van der Waals surface area contributed by atoms with Crippen LogP contribution >= 0.6 is 0 Å². The average Bonchev–Trinajstić information content (AvgIpc) is 2.21. The van der Waals surface area contributed by atoms with Crippen LogP contribution in [-0.4, -0.2) is 24.5 Å². The van der Waals surface area contributed by atoms with Crippen LogP contribution in [0.4, 0.5) is 0 Å². The average molecular weight is 206 g/mol. The summed E-state index contributed by atoms with van der Waals surface area (Å²) in [5, 5.41) is 0. The number of nitrogens with zero attached hydrogens (tertiary/aromatic N) is 1. The molecule has 0 aliphatic carbocycles. The third kappa shape index (κ3) is 4.45. The van der Waals surface area contributed by atoms with Crippen molar-refractivity contribution in [2.45, 2.75) is 32.9 Å². The van der Waals surface area contributed by atoms with Crippen LogP contribution in [0.3, 0.4) is 0 Å². The minimum atomic E-state index is 0.292. The number of rotatable bonds is 5. The van der Waals surface area contributed by atoms with Crippen LogP contribution in [0.15, 0.2) is 24.3 Å². The Bertz CT molecular complexity index is 279. The Labute approximate surface area is 93.1 Å². The fourth-order valence-corrected chi connectivity index (χ4v) is 1.60. The number of aryl methyl sites for hydroxylation is 1. The molecule has 1 rings (SSSR count). The predicted octanol–water partition coefficient (Wildman–Crippen LogP) is 2.16. The van der Waals surface area contributed by atoms with E-state index in [0.717, 1.165) is 19.5 Å². The largest absolute Gasteiger partial charge is 0.327 e. The summed E-state index contributed by atoms with van der Waals surface area (Å²) in [6.07, 6.45) is 1.04. The smallest absolute Gasteiger partial charge is 0.0231 e. The molecule has 1 aromatic carbocycles. The first-order valence-corrected chi connectivity index (χ1v) is 5.61. The maximum Gasteiger partial charge on any atom is 0.0231 e. The van der Waals surface area contributed by atoms with Crippen molar-refractivity contribution in [2.75, 3.05) is 13.6 Å². The summed E-state index contributed by atoms with van der Waals surface area (Å²) < 4.78 is 0. The summed E-state index contributed by atoms with van der Waals surface area (Å²) in [5.41, 5.74) is 8.57. The lowest BCUT2D eigenvalue weighted by Gasteiger charge is -2.20. The minimum absolute atomic E-state index is 0.292. The number of hydrogen-bond donors (Lipinski definition) is 1. The first-order chi connectivity index (χ1) is 7.11. The molecule has 0 amide bonds. The maximum atomic E-state index is 5.91. The Balaban J connectivity index is 2.44. The molecular formula is C13H22N2. The molecule has 2 nitrogen and oxygen atoms in total. The van der Waals surface area contributed by atoms with Crippen molar-refractivity contribution in [3.05, 3.63) is 35.4 Å². The molecule has 2 heteroatoms. The molecular weight excluding hydrogens is 184 g/mol. The van der Waals surface area contributed by atoms with Crippen molar-refractivity contribution >= 4 is 0 Å². The third-order valence-electron chi connectivity index (χ3n) is 2.64. The molecule has 84 valence electrons. The fraction of sp³-hybridized carbons (Fsp3) is 0.538. The van der Waals surface area contributed by atoms with Crippen molar-refractivity contribution in [1.82, 2.24) is 4.90 Å². The molecule has 0 aliphatic rings. The molecule has 0 spiro atoms. The molecule has 0 saturated heterocycles. The Morgan fingerprint density at radius 2 is 1.87 bits per heavy atom. The van der Waals surface area contributed by atoms with Crippen molar-refractivity contribution in [1.29, 1.82) is 0 Å². The summed E-state index contributed by atoms with van der Waals surface area (Å²) in [7, 11) is 2.12. The zero-order valence-electron chi connectivity index (χ0n) is 10.0. The van der Waals surface area contributed by atoms with E-state index in [-0.39, 0.29) is 0 Å². The van der Waals surface area contributed by atoms with Crippen molar-refractivity contribution < 1.29 is 0 Å². The van der Waals surface area contributed by atoms with E-state index in [0.29, 0.717) is 6.04 Å². The van der Waals surface area contributed by atoms with E-state index in [2.05, 4.69) is 50.1 Å². The van der Waals surface area contributed by atoms with Gasteiger partial charge in [-0.15, -0.1) is 0 Å². The molecule has 0 saturated carbocycles. The standard InChI is InChI=1S/C13H22N2/c1-4-13(14)10-15(3)9-12-7-5-11(2)6-8-12/h5-8,13H,4,9-10,14H2,1-3H3. The highest BCUT2D eigenvalue weighted by Crippen LogP contribution is 2.06. The van der Waals surface area contributed by atoms with Gasteiger partial charge in [0.2, 0.25) is 0 Å². The molecule has 1 aromatic rings. The summed E-state index contributed by atoms with van der Waals surface area (Å²) in [4.78, 5) is 2.28. The maximum absolute atomic E-state index is 5.91. The van der Waals surface area contributed by atoms with Gasteiger partial charge < -0.3 is 10.6 Å². The highest BCUT2D eigenvalue weighted by Gasteiger charge is 2.04. The predicted molar refractivity (Wildman–Crippen MR) is 65.8 cm³/mol. The first kappa shape index (κ1) is 12.2. The highest BCUT2D eigenvalue weighted by atomic mass is 15.1. The number of nitrogens with two attached hydrogens (primary N) is 1. The van der Waals surface area contributed by atoms with Crippen LogP contribution in [0, 0.1) is 6.92 Å². The van der Waals surface area contributed by atoms with Crippen LogP contribution in [0.2, 0.25) is 0 Å². The Morgan fingerprint density at radius 3 is 2.40 bits per heavy atom. The van der Waals surface area contributed by atoms with Gasteiger partial charge in [-0.2, -0.15) is 0 Å². The lowest BCUT2D eigenvalue weighted by molar-refractivity contribution is 0.300. The normalized spacial score (nSPS) is 13.1. The molecule has 0 aromatic heterocycles. The van der Waals surface area contributed by atoms with Crippen molar-refractivity contribution in [3.8, 4) is 0 Å². The number of hydrogen-bond acceptors (Lipinski definition) is 2. The van der Waals surface area contributed by atoms with E-state index in [1.165, 1.54) is 11.1 Å². The molecule has 1 atom stereocenters. The van der Waals surface area contributed by atoms with Crippen LogP contribution in [-0.2, 0) is 6.54 Å². The van der Waals surface area contributed by atoms with Crippen LogP contribution < -0.4 is 5.73 Å². The SMILES string of the molecule is CCC(N)CN(C)Cc1ccc(C)cc1. The molecule has 0 bridgehead atoms. The van der Waals surface area contributed by atoms with Gasteiger partial charge in [-0.3, -0.25) is 0 Å². The molecule has 0 heterocycles. The summed E-state index contributed by atoms with van der Waals surface area (Å²) in [6, 6.07) is 8.97. The van der Waals surface area contributed by atoms with Gasteiger partial charge in [0.15, 0.2) is 0 Å². The van der Waals surface area contributed by atoms with E-state index in [9.17, 15) is 0 Å². The molecule has 0 aliphatic heterocycles. The molecule has 0 fully saturated rings. The van der Waals surface area contributed by atoms with Crippen LogP contribution in [0.25, 0.3) is 0 Å². The second-order valence-corrected chi connectivity index (χ2v) is 4.35. The van der Waals surface area contributed by atoms with Gasteiger partial charge in [0, 0.05) is 19.1 Å². The zero-order valence-corrected chi connectivity index (χ0v) is 10.0. The van der Waals surface area contributed by atoms with Crippen LogP contribution in [0.1, 0.15) is 24.5 Å². The van der Waals surface area contributed by atoms with Gasteiger partial charge >= 0.3 is 0 Å². The van der Waals surface area contributed by atoms with E-state index >= 15 is 0 Å². The summed E-state index contributed by atoms with van der Waals surface area (Å²) in [6.45, 7) is 6.18. The van der Waals surface area contributed by atoms with Crippen molar-refractivity contribution in [3.63, 3.8) is 0 Å². The Kier molecular flexibility index (Phi) is 4.79. The van der Waals surface area contributed by atoms with E-state index in [1.54, 1.807) is 0 Å². The highest BCUT2D eigenvalue weighted by molar-refractivity contribution is 5.21. The monoisotopic (exact) mass is 206 g/mol. The number of likely N-dealkylation sites (N-methyl/N-ethyl adjacent to an activating group) is 1. The third-order valence-corrected chi connectivity index (χ3v) is 2.64. The van der Waals surface area contributed by atoms with Crippen LogP contribution in [0.5, 0.6) is 0 Å². The van der Waals surface area contributed by atoms with E-state index < -0.39 is 0 Å². The Hall–Kier alpha value is -0.860. The van der Waals surface area contributed by atoms with Gasteiger partial charge in [-0.05, 0) is 26.0 Å². The quantitative estimate of drug-likeness (QED) is 0.800. The number of benzene rings is 1. The van der Waals surface area contributed by atoms with Crippen molar-refractivity contribution in [2.24, 2.45) is 5.73 Å². The second-order valence-electron chi connectivity index (χ2n) is 4.35. The Morgan fingerprint density at radius 1 is 1.27 bits per heavy atom. The summed E-state index contributed by atoms with van der Waals surface area (Å²) in [5.74, 6) is 0. The van der Waals surface area contributed by atoms with E-state index in [4.69, 9.17) is 5.73 Å². The topological polar surface area (TPSA) is 29.3 Å². The second kappa shape index (κ2) is 5.89. The fourth-order valence-electron chi connectivity index (χ4n) is 1.60. The first-order valence-electron chi connectivity index (χ1n) is 5.61.